The Hall–Kier alpha value is -1.93. The number of aliphatic hydroxyl groups is 1. The Kier molecular flexibility index (Phi) is 5.55. The minimum absolute atomic E-state index is 0.0333. The summed E-state index contributed by atoms with van der Waals surface area (Å²) in [6.45, 7) is 16.9. The third kappa shape index (κ3) is 2.93. The fraction of sp³-hybridized carbons (Fsp3) is 0.500. The first-order valence-corrected chi connectivity index (χ1v) is 10.5. The number of benzene rings is 1. The van der Waals surface area contributed by atoms with Crippen LogP contribution in [0.2, 0.25) is 0 Å². The Bertz CT molecular complexity index is 870. The highest BCUT2D eigenvalue weighted by atomic mass is 16.3. The van der Waals surface area contributed by atoms with E-state index in [-0.39, 0.29) is 11.7 Å². The van der Waals surface area contributed by atoms with Gasteiger partial charge in [0.05, 0.1) is 6.10 Å². The van der Waals surface area contributed by atoms with Gasteiger partial charge in [0, 0.05) is 11.0 Å². The van der Waals surface area contributed by atoms with Crippen LogP contribution in [0.4, 0.5) is 0 Å². The molecule has 1 fully saturated rings. The maximum Gasteiger partial charge on any atom is 0.182 e. The number of aliphatic hydroxyl groups excluding tert-OH is 1. The van der Waals surface area contributed by atoms with Crippen molar-refractivity contribution in [2.24, 2.45) is 11.3 Å². The predicted molar refractivity (Wildman–Crippen MR) is 117 cm³/mol. The van der Waals surface area contributed by atoms with Crippen LogP contribution in [0.3, 0.4) is 0 Å². The molecule has 1 aromatic carbocycles. The molecule has 1 N–H and O–H groups in total. The largest absolute Gasteiger partial charge is 0.392 e. The second kappa shape index (κ2) is 7.48. The van der Waals surface area contributed by atoms with E-state index in [2.05, 4.69) is 54.2 Å². The van der Waals surface area contributed by atoms with Crippen molar-refractivity contribution in [3.8, 4) is 0 Å². The standard InChI is InChI=1S/C26H34O2/c1-8-12-26-20(7)23(24(27)13-21(26)10-9-11-25(26)28)14-22-18(5)16(3)15(2)17(4)19(22)6/h8,13-14,20,25,28H,1,9-12H2,2-7H3/b23-14+/t20-,25-,26-/m0/s1. The molecule has 0 unspecified atom stereocenters. The molecule has 3 rings (SSSR count). The van der Waals surface area contributed by atoms with E-state index in [1.54, 1.807) is 0 Å². The van der Waals surface area contributed by atoms with E-state index in [1.807, 2.05) is 12.2 Å². The first kappa shape index (κ1) is 20.8. The number of hydrogen-bond donors (Lipinski definition) is 1. The zero-order valence-corrected chi connectivity index (χ0v) is 18.3. The SMILES string of the molecule is C=CC[C@@]12C(=CC(=O)/C(=C/c3c(C)c(C)c(C)c(C)c3C)[C@@H]1C)CCC[C@@H]2O. The Morgan fingerprint density at radius 2 is 1.68 bits per heavy atom. The van der Waals surface area contributed by atoms with Crippen LogP contribution in [0, 0.1) is 46.0 Å². The van der Waals surface area contributed by atoms with E-state index >= 15 is 0 Å². The monoisotopic (exact) mass is 378 g/mol. The van der Waals surface area contributed by atoms with Gasteiger partial charge in [-0.15, -0.1) is 6.58 Å². The highest BCUT2D eigenvalue weighted by molar-refractivity contribution is 6.09. The average Bonchev–Trinajstić information content (AvgIpc) is 2.66. The van der Waals surface area contributed by atoms with Gasteiger partial charge < -0.3 is 5.11 Å². The van der Waals surface area contributed by atoms with E-state index < -0.39 is 11.5 Å². The second-order valence-electron chi connectivity index (χ2n) is 8.84. The van der Waals surface area contributed by atoms with Crippen LogP contribution in [0.5, 0.6) is 0 Å². The average molecular weight is 379 g/mol. The van der Waals surface area contributed by atoms with Crippen LogP contribution in [-0.4, -0.2) is 17.0 Å². The summed E-state index contributed by atoms with van der Waals surface area (Å²) in [6, 6.07) is 0. The molecule has 0 aliphatic heterocycles. The van der Waals surface area contributed by atoms with Crippen LogP contribution >= 0.6 is 0 Å². The van der Waals surface area contributed by atoms with Crippen molar-refractivity contribution in [3.63, 3.8) is 0 Å². The number of carbonyl (C=O) groups excluding carboxylic acids is 1. The molecule has 1 saturated carbocycles. The molecule has 28 heavy (non-hydrogen) atoms. The van der Waals surface area contributed by atoms with Gasteiger partial charge in [-0.3, -0.25) is 4.79 Å². The number of fused-ring (bicyclic) bond motifs is 1. The topological polar surface area (TPSA) is 37.3 Å². The lowest BCUT2D eigenvalue weighted by Crippen LogP contribution is -2.48. The molecule has 0 aromatic heterocycles. The highest BCUT2D eigenvalue weighted by Crippen LogP contribution is 2.54. The summed E-state index contributed by atoms with van der Waals surface area (Å²) in [5, 5.41) is 11.0. The lowest BCUT2D eigenvalue weighted by Gasteiger charge is -2.50. The van der Waals surface area contributed by atoms with E-state index in [0.717, 1.165) is 36.0 Å². The highest BCUT2D eigenvalue weighted by Gasteiger charge is 2.51. The smallest absolute Gasteiger partial charge is 0.182 e. The lowest BCUT2D eigenvalue weighted by atomic mass is 9.55. The minimum atomic E-state index is -0.430. The van der Waals surface area contributed by atoms with Crippen molar-refractivity contribution in [3.05, 3.63) is 63.3 Å². The van der Waals surface area contributed by atoms with Gasteiger partial charge in [0.1, 0.15) is 0 Å². The molecule has 0 radical (unpaired) electrons. The molecule has 0 bridgehead atoms. The molecule has 2 aliphatic carbocycles. The van der Waals surface area contributed by atoms with Crippen molar-refractivity contribution in [2.45, 2.75) is 73.3 Å². The van der Waals surface area contributed by atoms with Gasteiger partial charge in [0.25, 0.3) is 0 Å². The molecule has 0 spiro atoms. The summed E-state index contributed by atoms with van der Waals surface area (Å²) in [7, 11) is 0. The second-order valence-corrected chi connectivity index (χ2v) is 8.84. The molecule has 1 aromatic rings. The summed E-state index contributed by atoms with van der Waals surface area (Å²) >= 11 is 0. The van der Waals surface area contributed by atoms with E-state index in [1.165, 1.54) is 27.8 Å². The summed E-state index contributed by atoms with van der Waals surface area (Å²) in [6.07, 6.45) is 8.73. The van der Waals surface area contributed by atoms with Crippen LogP contribution in [0.15, 0.2) is 29.9 Å². The molecular weight excluding hydrogens is 344 g/mol. The number of carbonyl (C=O) groups is 1. The summed E-state index contributed by atoms with van der Waals surface area (Å²) < 4.78 is 0. The maximum atomic E-state index is 13.1. The van der Waals surface area contributed by atoms with Crippen LogP contribution in [0.25, 0.3) is 6.08 Å². The first-order valence-electron chi connectivity index (χ1n) is 10.5. The summed E-state index contributed by atoms with van der Waals surface area (Å²) in [5.74, 6) is 0.0694. The van der Waals surface area contributed by atoms with Gasteiger partial charge in [0.2, 0.25) is 0 Å². The number of allylic oxidation sites excluding steroid dienone is 3. The molecule has 0 amide bonds. The van der Waals surface area contributed by atoms with Crippen molar-refractivity contribution >= 4 is 11.9 Å². The Morgan fingerprint density at radius 3 is 2.25 bits per heavy atom. The van der Waals surface area contributed by atoms with Crippen molar-refractivity contribution in [2.75, 3.05) is 0 Å². The molecule has 2 aliphatic rings. The van der Waals surface area contributed by atoms with Crippen LogP contribution in [-0.2, 0) is 4.79 Å². The number of hydrogen-bond acceptors (Lipinski definition) is 2. The van der Waals surface area contributed by atoms with Gasteiger partial charge in [-0.25, -0.2) is 0 Å². The van der Waals surface area contributed by atoms with Gasteiger partial charge in [0.15, 0.2) is 5.78 Å². The van der Waals surface area contributed by atoms with Crippen molar-refractivity contribution < 1.29 is 9.90 Å². The third-order valence-corrected chi connectivity index (χ3v) is 7.79. The molecule has 0 saturated heterocycles. The predicted octanol–water partition coefficient (Wildman–Crippen LogP) is 5.86. The maximum absolute atomic E-state index is 13.1. The summed E-state index contributed by atoms with van der Waals surface area (Å²) in [4.78, 5) is 13.1. The first-order chi connectivity index (χ1) is 13.2. The fourth-order valence-corrected chi connectivity index (χ4v) is 5.48. The van der Waals surface area contributed by atoms with Gasteiger partial charge >= 0.3 is 0 Å². The molecule has 2 nitrogen and oxygen atoms in total. The van der Waals surface area contributed by atoms with Crippen molar-refractivity contribution in [1.29, 1.82) is 0 Å². The van der Waals surface area contributed by atoms with Crippen molar-refractivity contribution in [1.82, 2.24) is 0 Å². The Morgan fingerprint density at radius 1 is 1.11 bits per heavy atom. The molecule has 2 heteroatoms. The normalized spacial score (nSPS) is 28.9. The Labute approximate surface area is 170 Å². The van der Waals surface area contributed by atoms with E-state index in [9.17, 15) is 9.90 Å². The van der Waals surface area contributed by atoms with Gasteiger partial charge in [-0.1, -0.05) is 18.6 Å². The Balaban J connectivity index is 2.23. The molecule has 150 valence electrons. The third-order valence-electron chi connectivity index (χ3n) is 7.79. The van der Waals surface area contributed by atoms with Gasteiger partial charge in [-0.05, 0) is 112 Å². The van der Waals surface area contributed by atoms with E-state index in [4.69, 9.17) is 0 Å². The zero-order chi connectivity index (χ0) is 20.8. The minimum Gasteiger partial charge on any atom is -0.392 e. The number of rotatable bonds is 3. The van der Waals surface area contributed by atoms with Crippen LogP contribution < -0.4 is 0 Å². The zero-order valence-electron chi connectivity index (χ0n) is 18.3. The molecule has 3 atom stereocenters. The van der Waals surface area contributed by atoms with E-state index in [0.29, 0.717) is 6.42 Å². The molecule has 0 heterocycles. The summed E-state index contributed by atoms with van der Waals surface area (Å²) in [5.41, 5.74) is 9.10. The van der Waals surface area contributed by atoms with Crippen LogP contribution in [0.1, 0.15) is 66.0 Å². The van der Waals surface area contributed by atoms with Gasteiger partial charge in [-0.2, -0.15) is 0 Å². The fourth-order valence-electron chi connectivity index (χ4n) is 5.48. The molecular formula is C26H34O2. The lowest BCUT2D eigenvalue weighted by molar-refractivity contribution is -0.113. The quantitative estimate of drug-likeness (QED) is 0.528. The number of ketones is 1.